The quantitative estimate of drug-likeness (QED) is 0.636. The number of fused-ring (bicyclic) bond motifs is 1. The molecule has 0 aliphatic carbocycles. The van der Waals surface area contributed by atoms with Gasteiger partial charge in [0, 0.05) is 35.5 Å². The molecule has 6 nitrogen and oxygen atoms in total. The van der Waals surface area contributed by atoms with Crippen molar-refractivity contribution in [1.29, 1.82) is 0 Å². The minimum atomic E-state index is -0.102. The van der Waals surface area contributed by atoms with Gasteiger partial charge in [-0.3, -0.25) is 9.48 Å². The summed E-state index contributed by atoms with van der Waals surface area (Å²) in [6.07, 6.45) is 5.45. The Morgan fingerprint density at radius 2 is 2.33 bits per heavy atom. The van der Waals surface area contributed by atoms with Gasteiger partial charge in [0.05, 0.1) is 18.3 Å². The van der Waals surface area contributed by atoms with E-state index >= 15 is 0 Å². The zero-order chi connectivity index (χ0) is 14.8. The Hall–Kier alpha value is -2.76. The van der Waals surface area contributed by atoms with E-state index in [2.05, 4.69) is 15.4 Å². The van der Waals surface area contributed by atoms with Crippen LogP contribution in [0.1, 0.15) is 15.9 Å². The van der Waals surface area contributed by atoms with E-state index in [0.717, 1.165) is 16.5 Å². The Morgan fingerprint density at radius 1 is 1.48 bits per heavy atom. The Morgan fingerprint density at radius 3 is 3.10 bits per heavy atom. The average molecular weight is 283 g/mol. The van der Waals surface area contributed by atoms with Crippen molar-refractivity contribution in [3.05, 3.63) is 47.9 Å². The molecule has 6 heteroatoms. The minimum absolute atomic E-state index is 0.102. The molecule has 3 rings (SSSR count). The van der Waals surface area contributed by atoms with Crippen LogP contribution in [0.15, 0.2) is 36.8 Å². The summed E-state index contributed by atoms with van der Waals surface area (Å²) in [6.45, 7) is 3.16. The van der Waals surface area contributed by atoms with Gasteiger partial charge in [0.25, 0.3) is 5.91 Å². The molecule has 2 aromatic heterocycles. The fourth-order valence-electron chi connectivity index (χ4n) is 2.30. The summed E-state index contributed by atoms with van der Waals surface area (Å²) in [4.78, 5) is 15.3. The van der Waals surface area contributed by atoms with Gasteiger partial charge in [-0.2, -0.15) is 5.10 Å². The van der Waals surface area contributed by atoms with Crippen molar-refractivity contribution in [3.8, 4) is 0 Å². The summed E-state index contributed by atoms with van der Waals surface area (Å²) in [7, 11) is 0. The van der Waals surface area contributed by atoms with Crippen molar-refractivity contribution in [3.63, 3.8) is 0 Å². The van der Waals surface area contributed by atoms with E-state index < -0.39 is 0 Å². The number of amides is 1. The third-order valence-electron chi connectivity index (χ3n) is 3.34. The second-order valence-corrected chi connectivity index (χ2v) is 5.04. The standard InChI is InChI=1S/C15H17N5O/c1-10-7-19-20(9-10)5-4-17-15(21)13-8-18-14-6-11(16)2-3-12(13)14/h2-3,6-9,18H,4-5,16H2,1H3,(H,17,21). The van der Waals surface area contributed by atoms with E-state index in [9.17, 15) is 4.79 Å². The second kappa shape index (κ2) is 5.32. The van der Waals surface area contributed by atoms with Gasteiger partial charge in [-0.1, -0.05) is 0 Å². The van der Waals surface area contributed by atoms with Crippen LogP contribution in [0.3, 0.4) is 0 Å². The van der Waals surface area contributed by atoms with Gasteiger partial charge in [-0.15, -0.1) is 0 Å². The summed E-state index contributed by atoms with van der Waals surface area (Å²) in [6, 6.07) is 5.46. The van der Waals surface area contributed by atoms with E-state index in [1.165, 1.54) is 0 Å². The third-order valence-corrected chi connectivity index (χ3v) is 3.34. The number of carbonyl (C=O) groups excluding carboxylic acids is 1. The molecule has 0 radical (unpaired) electrons. The lowest BCUT2D eigenvalue weighted by Crippen LogP contribution is -2.27. The fourth-order valence-corrected chi connectivity index (χ4v) is 2.30. The Labute approximate surface area is 121 Å². The van der Waals surface area contributed by atoms with Crippen LogP contribution in [0.5, 0.6) is 0 Å². The Balaban J connectivity index is 1.66. The van der Waals surface area contributed by atoms with Gasteiger partial charge in [-0.05, 0) is 30.7 Å². The summed E-state index contributed by atoms with van der Waals surface area (Å²) < 4.78 is 1.81. The second-order valence-electron chi connectivity index (χ2n) is 5.04. The minimum Gasteiger partial charge on any atom is -0.399 e. The first-order valence-electron chi connectivity index (χ1n) is 6.77. The van der Waals surface area contributed by atoms with Crippen molar-refractivity contribution in [2.45, 2.75) is 13.5 Å². The van der Waals surface area contributed by atoms with Crippen LogP contribution in [0.2, 0.25) is 0 Å². The van der Waals surface area contributed by atoms with Crippen LogP contribution >= 0.6 is 0 Å². The third kappa shape index (κ3) is 2.74. The highest BCUT2D eigenvalue weighted by Crippen LogP contribution is 2.20. The molecule has 0 saturated heterocycles. The first-order chi connectivity index (χ1) is 10.1. The summed E-state index contributed by atoms with van der Waals surface area (Å²) >= 11 is 0. The normalized spacial score (nSPS) is 10.9. The number of carbonyl (C=O) groups is 1. The molecule has 1 amide bonds. The molecule has 0 aliphatic rings. The molecule has 0 fully saturated rings. The van der Waals surface area contributed by atoms with Crippen LogP contribution < -0.4 is 11.1 Å². The molecule has 0 saturated carbocycles. The maximum absolute atomic E-state index is 12.2. The topological polar surface area (TPSA) is 88.7 Å². The van der Waals surface area contributed by atoms with Gasteiger partial charge in [0.15, 0.2) is 0 Å². The molecule has 4 N–H and O–H groups in total. The number of hydrogen-bond acceptors (Lipinski definition) is 3. The molecule has 21 heavy (non-hydrogen) atoms. The SMILES string of the molecule is Cc1cnn(CCNC(=O)c2c[nH]c3cc(N)ccc23)c1. The summed E-state index contributed by atoms with van der Waals surface area (Å²) in [5.74, 6) is -0.102. The number of nitrogen functional groups attached to an aromatic ring is 1. The number of H-pyrrole nitrogens is 1. The van der Waals surface area contributed by atoms with E-state index in [1.807, 2.05) is 29.9 Å². The number of aryl methyl sites for hydroxylation is 1. The number of anilines is 1. The Kier molecular flexibility index (Phi) is 3.35. The molecule has 0 atom stereocenters. The van der Waals surface area contributed by atoms with Gasteiger partial charge in [-0.25, -0.2) is 0 Å². The molecular formula is C15H17N5O. The monoisotopic (exact) mass is 283 g/mol. The van der Waals surface area contributed by atoms with Crippen LogP contribution in [-0.4, -0.2) is 27.2 Å². The van der Waals surface area contributed by atoms with Gasteiger partial charge in [0.2, 0.25) is 0 Å². The lowest BCUT2D eigenvalue weighted by molar-refractivity contribution is 0.0953. The molecular weight excluding hydrogens is 266 g/mol. The highest BCUT2D eigenvalue weighted by atomic mass is 16.1. The van der Waals surface area contributed by atoms with Crippen LogP contribution in [0.25, 0.3) is 10.9 Å². The number of nitrogens with zero attached hydrogens (tertiary/aromatic N) is 2. The first-order valence-corrected chi connectivity index (χ1v) is 6.77. The summed E-state index contributed by atoms with van der Waals surface area (Å²) in [5.41, 5.74) is 8.99. The Bertz CT molecular complexity index is 786. The smallest absolute Gasteiger partial charge is 0.253 e. The number of rotatable bonds is 4. The van der Waals surface area contributed by atoms with Crippen molar-refractivity contribution in [2.75, 3.05) is 12.3 Å². The first kappa shape index (κ1) is 13.2. The van der Waals surface area contributed by atoms with Crippen molar-refractivity contribution >= 4 is 22.5 Å². The highest BCUT2D eigenvalue weighted by molar-refractivity contribution is 6.07. The van der Waals surface area contributed by atoms with Crippen molar-refractivity contribution in [1.82, 2.24) is 20.1 Å². The number of aromatic nitrogens is 3. The largest absolute Gasteiger partial charge is 0.399 e. The molecule has 108 valence electrons. The number of nitrogens with one attached hydrogen (secondary N) is 2. The molecule has 0 unspecified atom stereocenters. The fraction of sp³-hybridized carbons (Fsp3) is 0.200. The lowest BCUT2D eigenvalue weighted by atomic mass is 10.1. The van der Waals surface area contributed by atoms with Gasteiger partial charge < -0.3 is 16.0 Å². The van der Waals surface area contributed by atoms with Crippen LogP contribution in [0.4, 0.5) is 5.69 Å². The number of aromatic amines is 1. The lowest BCUT2D eigenvalue weighted by Gasteiger charge is -2.05. The zero-order valence-corrected chi connectivity index (χ0v) is 11.8. The van der Waals surface area contributed by atoms with Crippen molar-refractivity contribution in [2.24, 2.45) is 0 Å². The maximum Gasteiger partial charge on any atom is 0.253 e. The van der Waals surface area contributed by atoms with Crippen LogP contribution in [-0.2, 0) is 6.54 Å². The van der Waals surface area contributed by atoms with Crippen molar-refractivity contribution < 1.29 is 4.79 Å². The predicted molar refractivity (Wildman–Crippen MR) is 82.0 cm³/mol. The molecule has 0 spiro atoms. The average Bonchev–Trinajstić information content (AvgIpc) is 3.04. The molecule has 2 heterocycles. The van der Waals surface area contributed by atoms with Gasteiger partial charge in [0.1, 0.15) is 0 Å². The molecule has 0 bridgehead atoms. The zero-order valence-electron chi connectivity index (χ0n) is 11.8. The highest BCUT2D eigenvalue weighted by Gasteiger charge is 2.11. The summed E-state index contributed by atoms with van der Waals surface area (Å²) in [5, 5.41) is 7.95. The predicted octanol–water partition coefficient (Wildman–Crippen LogP) is 1.69. The molecule has 1 aromatic carbocycles. The number of nitrogens with two attached hydrogens (primary N) is 1. The van der Waals surface area contributed by atoms with E-state index in [1.54, 1.807) is 18.5 Å². The molecule has 0 aliphatic heterocycles. The van der Waals surface area contributed by atoms with E-state index in [-0.39, 0.29) is 5.91 Å². The molecule has 3 aromatic rings. The van der Waals surface area contributed by atoms with Crippen LogP contribution in [0, 0.1) is 6.92 Å². The number of hydrogen-bond donors (Lipinski definition) is 3. The number of benzene rings is 1. The maximum atomic E-state index is 12.2. The van der Waals surface area contributed by atoms with E-state index in [4.69, 9.17) is 5.73 Å². The van der Waals surface area contributed by atoms with E-state index in [0.29, 0.717) is 24.3 Å². The van der Waals surface area contributed by atoms with Gasteiger partial charge >= 0.3 is 0 Å².